The van der Waals surface area contributed by atoms with Crippen molar-refractivity contribution < 1.29 is 38.2 Å². The largest absolute Gasteiger partial charge is 0.493 e. The molecule has 280 valence electrons. The van der Waals surface area contributed by atoms with Crippen molar-refractivity contribution >= 4 is 58.6 Å². The van der Waals surface area contributed by atoms with Gasteiger partial charge in [0.1, 0.15) is 12.1 Å². The predicted octanol–water partition coefficient (Wildman–Crippen LogP) is 3.99. The van der Waals surface area contributed by atoms with E-state index in [2.05, 4.69) is 20.9 Å². The molecule has 53 heavy (non-hydrogen) atoms. The van der Waals surface area contributed by atoms with Crippen LogP contribution < -0.4 is 25.4 Å². The van der Waals surface area contributed by atoms with E-state index in [1.807, 2.05) is 25.3 Å². The highest BCUT2D eigenvalue weighted by Crippen LogP contribution is 2.39. The number of hydrogen-bond acceptors (Lipinski definition) is 9. The Labute approximate surface area is 308 Å². The molecule has 3 aliphatic heterocycles. The number of benzene rings is 2. The molecule has 2 aromatic carbocycles. The lowest BCUT2D eigenvalue weighted by atomic mass is 9.98. The van der Waals surface area contributed by atoms with E-state index in [0.29, 0.717) is 41.5 Å². The van der Waals surface area contributed by atoms with Gasteiger partial charge in [-0.25, -0.2) is 0 Å². The summed E-state index contributed by atoms with van der Waals surface area (Å²) in [6.45, 7) is 10.8. The molecule has 14 heteroatoms. The number of nitrogens with zero attached hydrogens (tertiary/aromatic N) is 3. The van der Waals surface area contributed by atoms with Gasteiger partial charge in [-0.1, -0.05) is 32.9 Å². The Kier molecular flexibility index (Phi) is 11.8. The summed E-state index contributed by atoms with van der Waals surface area (Å²) in [5.41, 5.74) is 3.24. The highest BCUT2D eigenvalue weighted by atomic mass is 16.5. The summed E-state index contributed by atoms with van der Waals surface area (Å²) >= 11 is 0. The highest BCUT2D eigenvalue weighted by Gasteiger charge is 2.35. The molecule has 0 bridgehead atoms. The Morgan fingerprint density at radius 2 is 1.58 bits per heavy atom. The number of amides is 6. The van der Waals surface area contributed by atoms with Gasteiger partial charge < -0.3 is 30.3 Å². The molecule has 0 spiro atoms. The van der Waals surface area contributed by atoms with E-state index in [1.54, 1.807) is 70.0 Å². The fourth-order valence-electron chi connectivity index (χ4n) is 6.51. The zero-order chi connectivity index (χ0) is 38.6. The second-order valence-electron chi connectivity index (χ2n) is 13.8. The van der Waals surface area contributed by atoms with Crippen molar-refractivity contribution in [3.05, 3.63) is 65.9 Å². The topological polar surface area (TPSA) is 176 Å². The Bertz CT molecular complexity index is 1870. The van der Waals surface area contributed by atoms with Crippen LogP contribution in [-0.2, 0) is 24.0 Å². The quantitative estimate of drug-likeness (QED) is 0.245. The SMILES string of the molecule is CCOc1cc2c(cc1OC)C(=O)N1C=C(c3ccc(NC(=O)[C@H](C)NC(=O)C(NC(=O)C(C)CC(C)N4C(=O)C=CC4=O)C(C)C)cc3)CC1C=N2. The normalized spacial score (nSPS) is 18.5. The molecular formula is C39H46N6O8. The first-order chi connectivity index (χ1) is 25.2. The molecular weight excluding hydrogens is 680 g/mol. The fraction of sp³-hybridized carbons (Fsp3) is 0.410. The molecule has 5 rings (SSSR count). The summed E-state index contributed by atoms with van der Waals surface area (Å²) in [6.07, 6.45) is 6.75. The molecule has 0 aromatic heterocycles. The number of nitrogens with one attached hydrogen (secondary N) is 3. The number of rotatable bonds is 14. The second-order valence-corrected chi connectivity index (χ2v) is 13.8. The number of fused-ring (bicyclic) bond motifs is 2. The van der Waals surface area contributed by atoms with Crippen LogP contribution in [0.25, 0.3) is 5.57 Å². The predicted molar refractivity (Wildman–Crippen MR) is 199 cm³/mol. The van der Waals surface area contributed by atoms with E-state index in [4.69, 9.17) is 9.47 Å². The van der Waals surface area contributed by atoms with E-state index >= 15 is 0 Å². The molecule has 0 saturated carbocycles. The van der Waals surface area contributed by atoms with Gasteiger partial charge in [0.15, 0.2) is 11.5 Å². The Morgan fingerprint density at radius 1 is 0.906 bits per heavy atom. The molecule has 14 nitrogen and oxygen atoms in total. The van der Waals surface area contributed by atoms with Crippen LogP contribution in [0, 0.1) is 11.8 Å². The van der Waals surface area contributed by atoms with E-state index < -0.39 is 53.6 Å². The summed E-state index contributed by atoms with van der Waals surface area (Å²) in [5.74, 6) is -2.34. The molecule has 3 N–H and O–H groups in total. The first-order valence-corrected chi connectivity index (χ1v) is 17.7. The number of imide groups is 1. The van der Waals surface area contributed by atoms with Crippen molar-refractivity contribution in [2.45, 2.75) is 78.6 Å². The van der Waals surface area contributed by atoms with Gasteiger partial charge >= 0.3 is 0 Å². The third-order valence-corrected chi connectivity index (χ3v) is 9.46. The molecule has 5 atom stereocenters. The number of hydrogen-bond donors (Lipinski definition) is 3. The van der Waals surface area contributed by atoms with Crippen molar-refractivity contribution in [3.63, 3.8) is 0 Å². The van der Waals surface area contributed by atoms with Crippen molar-refractivity contribution in [3.8, 4) is 11.5 Å². The number of carbonyl (C=O) groups is 6. The second kappa shape index (κ2) is 16.3. The van der Waals surface area contributed by atoms with Gasteiger partial charge in [0.05, 0.1) is 31.0 Å². The summed E-state index contributed by atoms with van der Waals surface area (Å²) in [4.78, 5) is 84.4. The lowest BCUT2D eigenvalue weighted by Gasteiger charge is -2.27. The number of methoxy groups -OCH3 is 1. The van der Waals surface area contributed by atoms with Gasteiger partial charge in [-0.2, -0.15) is 0 Å². The third kappa shape index (κ3) is 8.48. The molecule has 6 amide bonds. The third-order valence-electron chi connectivity index (χ3n) is 9.46. The molecule has 2 aromatic rings. The smallest absolute Gasteiger partial charge is 0.260 e. The van der Waals surface area contributed by atoms with Crippen molar-refractivity contribution in [1.82, 2.24) is 20.4 Å². The molecule has 3 aliphatic rings. The molecule has 3 heterocycles. The minimum atomic E-state index is -0.925. The number of carbonyl (C=O) groups excluding carboxylic acids is 6. The summed E-state index contributed by atoms with van der Waals surface area (Å²) in [6, 6.07) is 7.94. The van der Waals surface area contributed by atoms with E-state index in [9.17, 15) is 28.8 Å². The van der Waals surface area contributed by atoms with Gasteiger partial charge in [0, 0.05) is 54.7 Å². The number of anilines is 1. The van der Waals surface area contributed by atoms with Crippen LogP contribution in [0.4, 0.5) is 11.4 Å². The van der Waals surface area contributed by atoms with Crippen LogP contribution in [0.15, 0.2) is 59.7 Å². The Balaban J connectivity index is 1.16. The minimum absolute atomic E-state index is 0.201. The van der Waals surface area contributed by atoms with Crippen molar-refractivity contribution in [2.24, 2.45) is 16.8 Å². The van der Waals surface area contributed by atoms with Crippen LogP contribution in [0.2, 0.25) is 0 Å². The minimum Gasteiger partial charge on any atom is -0.493 e. The fourth-order valence-corrected chi connectivity index (χ4v) is 6.51. The van der Waals surface area contributed by atoms with Crippen molar-refractivity contribution in [1.29, 1.82) is 0 Å². The molecule has 0 radical (unpaired) electrons. The van der Waals surface area contributed by atoms with E-state index in [0.717, 1.165) is 16.0 Å². The summed E-state index contributed by atoms with van der Waals surface area (Å²) in [7, 11) is 1.52. The highest BCUT2D eigenvalue weighted by molar-refractivity contribution is 6.13. The average Bonchev–Trinajstić information content (AvgIpc) is 3.68. The van der Waals surface area contributed by atoms with Gasteiger partial charge in [0.25, 0.3) is 17.7 Å². The maximum absolute atomic E-state index is 13.6. The zero-order valence-electron chi connectivity index (χ0n) is 31.0. The molecule has 0 aliphatic carbocycles. The molecule has 4 unspecified atom stereocenters. The van der Waals surface area contributed by atoms with Crippen molar-refractivity contribution in [2.75, 3.05) is 19.0 Å². The zero-order valence-corrected chi connectivity index (χ0v) is 31.0. The monoisotopic (exact) mass is 726 g/mol. The summed E-state index contributed by atoms with van der Waals surface area (Å²) < 4.78 is 11.1. The lowest BCUT2D eigenvalue weighted by Crippen LogP contribution is -2.54. The Morgan fingerprint density at radius 3 is 2.21 bits per heavy atom. The van der Waals surface area contributed by atoms with Crippen LogP contribution in [0.1, 0.15) is 70.3 Å². The summed E-state index contributed by atoms with van der Waals surface area (Å²) in [5, 5.41) is 8.28. The average molecular weight is 727 g/mol. The van der Waals surface area contributed by atoms with Gasteiger partial charge in [-0.3, -0.25) is 38.7 Å². The standard InChI is InChI=1S/C39H46N6O8/c1-8-53-32-18-30-29(17-31(32)52-7)39(51)44-20-26(16-28(44)19-40-30)25-9-11-27(12-10-25)42-37(49)24(6)41-38(50)35(21(2)3)43-36(48)22(4)15-23(5)45-33(46)13-14-34(45)47/h9-14,17-24,28,35H,8,15-16H2,1-7H3,(H,41,50)(H,42,49)(H,43,48)/t22?,23?,24-,28?,35?/m0/s1. The Hall–Kier alpha value is -5.79. The van der Waals surface area contributed by atoms with Crippen LogP contribution >= 0.6 is 0 Å². The first kappa shape index (κ1) is 38.4. The molecule has 0 fully saturated rings. The van der Waals surface area contributed by atoms with E-state index in [-0.39, 0.29) is 24.3 Å². The first-order valence-electron chi connectivity index (χ1n) is 17.7. The number of aliphatic imine (C=N–C) groups is 1. The van der Waals surface area contributed by atoms with E-state index in [1.165, 1.54) is 19.3 Å². The maximum Gasteiger partial charge on any atom is 0.260 e. The van der Waals surface area contributed by atoms with Gasteiger partial charge in [-0.15, -0.1) is 0 Å². The van der Waals surface area contributed by atoms with Crippen LogP contribution in [0.3, 0.4) is 0 Å². The van der Waals surface area contributed by atoms with Gasteiger partial charge in [-0.05, 0) is 62.4 Å². The maximum atomic E-state index is 13.6. The van der Waals surface area contributed by atoms with Crippen LogP contribution in [0.5, 0.6) is 11.5 Å². The van der Waals surface area contributed by atoms with Gasteiger partial charge in [0.2, 0.25) is 17.7 Å². The number of ether oxygens (including phenoxy) is 2. The lowest BCUT2D eigenvalue weighted by molar-refractivity contribution is -0.140. The van der Waals surface area contributed by atoms with Crippen LogP contribution in [-0.4, -0.2) is 89.3 Å². The molecule has 0 saturated heterocycles.